The molecule has 0 aliphatic rings. The van der Waals surface area contributed by atoms with Gasteiger partial charge in [0.15, 0.2) is 0 Å². The Morgan fingerprint density at radius 2 is 1.78 bits per heavy atom. The fourth-order valence-electron chi connectivity index (χ4n) is 1.95. The lowest BCUT2D eigenvalue weighted by atomic mass is 10.1. The van der Waals surface area contributed by atoms with Crippen LogP contribution in [0.2, 0.25) is 5.02 Å². The summed E-state index contributed by atoms with van der Waals surface area (Å²) in [6.45, 7) is 0. The number of rotatable bonds is 5. The van der Waals surface area contributed by atoms with Gasteiger partial charge in [-0.15, -0.1) is 0 Å². The van der Waals surface area contributed by atoms with Gasteiger partial charge in [-0.3, -0.25) is 4.79 Å². The highest BCUT2D eigenvalue weighted by Gasteiger charge is 2.16. The van der Waals surface area contributed by atoms with Gasteiger partial charge in [-0.2, -0.15) is 0 Å². The number of benzene rings is 2. The molecule has 0 heterocycles. The minimum absolute atomic E-state index is 0.148. The van der Waals surface area contributed by atoms with Gasteiger partial charge in [-0.1, -0.05) is 29.8 Å². The molecule has 0 aliphatic carbocycles. The zero-order valence-electron chi connectivity index (χ0n) is 12.8. The number of sulfonamides is 1. The van der Waals surface area contributed by atoms with E-state index in [1.807, 2.05) is 0 Å². The summed E-state index contributed by atoms with van der Waals surface area (Å²) < 4.78 is 25.1. The maximum atomic E-state index is 12.0. The molecule has 2 aromatic rings. The van der Waals surface area contributed by atoms with E-state index < -0.39 is 10.0 Å². The molecular weight excluding hydrogens is 336 g/mol. The Kier molecular flexibility index (Phi) is 5.41. The van der Waals surface area contributed by atoms with Crippen molar-refractivity contribution in [3.63, 3.8) is 0 Å². The van der Waals surface area contributed by atoms with Gasteiger partial charge in [0, 0.05) is 24.8 Å². The van der Waals surface area contributed by atoms with Gasteiger partial charge in [0.25, 0.3) is 0 Å². The lowest BCUT2D eigenvalue weighted by Crippen LogP contribution is -2.22. The van der Waals surface area contributed by atoms with Crippen LogP contribution in [0, 0.1) is 0 Å². The second kappa shape index (κ2) is 7.12. The number of carbonyl (C=O) groups excluding carboxylic acids is 1. The maximum Gasteiger partial charge on any atom is 0.242 e. The molecule has 1 amide bonds. The Hall–Kier alpha value is -1.89. The van der Waals surface area contributed by atoms with Gasteiger partial charge in [-0.05, 0) is 35.9 Å². The number of halogens is 1. The monoisotopic (exact) mass is 352 g/mol. The summed E-state index contributed by atoms with van der Waals surface area (Å²) in [7, 11) is -0.510. The molecule has 0 atom stereocenters. The quantitative estimate of drug-likeness (QED) is 0.899. The van der Waals surface area contributed by atoms with E-state index in [9.17, 15) is 13.2 Å². The van der Waals surface area contributed by atoms with Crippen molar-refractivity contribution in [2.24, 2.45) is 0 Å². The Bertz CT molecular complexity index is 802. The molecule has 0 bridgehead atoms. The van der Waals surface area contributed by atoms with Crippen molar-refractivity contribution >= 4 is 33.2 Å². The summed E-state index contributed by atoms with van der Waals surface area (Å²) in [6, 6.07) is 13.1. The Morgan fingerprint density at radius 3 is 2.35 bits per heavy atom. The van der Waals surface area contributed by atoms with Crippen LogP contribution in [0.3, 0.4) is 0 Å². The normalized spacial score (nSPS) is 11.5. The third-order valence-electron chi connectivity index (χ3n) is 3.17. The molecule has 2 rings (SSSR count). The van der Waals surface area contributed by atoms with Crippen molar-refractivity contribution < 1.29 is 13.2 Å². The number of hydrogen-bond donors (Lipinski definition) is 1. The van der Waals surface area contributed by atoms with E-state index in [0.717, 1.165) is 9.87 Å². The third kappa shape index (κ3) is 4.54. The fraction of sp³-hybridized carbons (Fsp3) is 0.188. The highest BCUT2D eigenvalue weighted by molar-refractivity contribution is 7.89. The van der Waals surface area contributed by atoms with Crippen LogP contribution in [0.4, 0.5) is 5.69 Å². The second-order valence-corrected chi connectivity index (χ2v) is 7.75. The van der Waals surface area contributed by atoms with Gasteiger partial charge in [0.2, 0.25) is 15.9 Å². The standard InChI is InChI=1S/C16H17ClN2O3S/c1-19(2)23(21,22)15-8-6-12(7-9-15)10-16(20)18-14-5-3-4-13(17)11-14/h3-9,11H,10H2,1-2H3,(H,18,20). The summed E-state index contributed by atoms with van der Waals surface area (Å²) >= 11 is 5.86. The van der Waals surface area contributed by atoms with E-state index in [1.165, 1.54) is 26.2 Å². The van der Waals surface area contributed by atoms with Crippen molar-refractivity contribution in [1.82, 2.24) is 4.31 Å². The van der Waals surface area contributed by atoms with Crippen LogP contribution in [0.15, 0.2) is 53.4 Å². The van der Waals surface area contributed by atoms with Crippen LogP contribution in [0.25, 0.3) is 0 Å². The molecule has 0 radical (unpaired) electrons. The molecule has 0 fully saturated rings. The highest BCUT2D eigenvalue weighted by atomic mass is 35.5. The van der Waals surface area contributed by atoms with Gasteiger partial charge < -0.3 is 5.32 Å². The van der Waals surface area contributed by atoms with E-state index in [0.29, 0.717) is 10.7 Å². The van der Waals surface area contributed by atoms with E-state index >= 15 is 0 Å². The first kappa shape index (κ1) is 17.5. The third-order valence-corrected chi connectivity index (χ3v) is 5.24. The average Bonchev–Trinajstić information content (AvgIpc) is 2.47. The van der Waals surface area contributed by atoms with E-state index in [1.54, 1.807) is 36.4 Å². The largest absolute Gasteiger partial charge is 0.326 e. The molecule has 7 heteroatoms. The summed E-state index contributed by atoms with van der Waals surface area (Å²) in [6.07, 6.45) is 0.148. The molecule has 5 nitrogen and oxygen atoms in total. The number of nitrogens with one attached hydrogen (secondary N) is 1. The number of hydrogen-bond acceptors (Lipinski definition) is 3. The van der Waals surface area contributed by atoms with E-state index in [2.05, 4.69) is 5.32 Å². The van der Waals surface area contributed by atoms with Gasteiger partial charge in [0.1, 0.15) is 0 Å². The molecule has 0 saturated heterocycles. The molecule has 2 aromatic carbocycles. The van der Waals surface area contributed by atoms with Crippen molar-refractivity contribution in [2.75, 3.05) is 19.4 Å². The second-order valence-electron chi connectivity index (χ2n) is 5.17. The molecule has 0 aliphatic heterocycles. The lowest BCUT2D eigenvalue weighted by Gasteiger charge is -2.11. The first-order valence-electron chi connectivity index (χ1n) is 6.86. The average molecular weight is 353 g/mol. The van der Waals surface area contributed by atoms with Crippen molar-refractivity contribution in [3.05, 3.63) is 59.1 Å². The van der Waals surface area contributed by atoms with Crippen molar-refractivity contribution in [3.8, 4) is 0 Å². The van der Waals surface area contributed by atoms with Gasteiger partial charge >= 0.3 is 0 Å². The summed E-state index contributed by atoms with van der Waals surface area (Å²) in [5.41, 5.74) is 1.34. The predicted octanol–water partition coefficient (Wildman–Crippen LogP) is 2.77. The summed E-state index contributed by atoms with van der Waals surface area (Å²) in [4.78, 5) is 12.2. The smallest absolute Gasteiger partial charge is 0.242 e. The number of carbonyl (C=O) groups is 1. The minimum Gasteiger partial charge on any atom is -0.326 e. The van der Waals surface area contributed by atoms with Gasteiger partial charge in [-0.25, -0.2) is 12.7 Å². The molecule has 0 saturated carbocycles. The zero-order valence-corrected chi connectivity index (χ0v) is 14.4. The molecule has 122 valence electrons. The molecule has 0 aromatic heterocycles. The molecule has 0 spiro atoms. The van der Waals surface area contributed by atoms with Crippen LogP contribution in [-0.4, -0.2) is 32.7 Å². The van der Waals surface area contributed by atoms with Crippen LogP contribution >= 0.6 is 11.6 Å². The van der Waals surface area contributed by atoms with Crippen molar-refractivity contribution in [2.45, 2.75) is 11.3 Å². The van der Waals surface area contributed by atoms with Crippen LogP contribution < -0.4 is 5.32 Å². The molecule has 0 unspecified atom stereocenters. The zero-order chi connectivity index (χ0) is 17.0. The summed E-state index contributed by atoms with van der Waals surface area (Å²) in [5.74, 6) is -0.199. The molecular formula is C16H17ClN2O3S. The first-order chi connectivity index (χ1) is 10.8. The first-order valence-corrected chi connectivity index (χ1v) is 8.68. The molecule has 1 N–H and O–H groups in total. The van der Waals surface area contributed by atoms with Crippen LogP contribution in [0.1, 0.15) is 5.56 Å². The van der Waals surface area contributed by atoms with E-state index in [4.69, 9.17) is 11.6 Å². The van der Waals surface area contributed by atoms with E-state index in [-0.39, 0.29) is 17.2 Å². The SMILES string of the molecule is CN(C)S(=O)(=O)c1ccc(CC(=O)Nc2cccc(Cl)c2)cc1. The minimum atomic E-state index is -3.46. The number of nitrogens with zero attached hydrogens (tertiary/aromatic N) is 1. The Labute approximate surface area is 140 Å². The van der Waals surface area contributed by atoms with Gasteiger partial charge in [0.05, 0.1) is 11.3 Å². The Morgan fingerprint density at radius 1 is 1.13 bits per heavy atom. The maximum absolute atomic E-state index is 12.0. The highest BCUT2D eigenvalue weighted by Crippen LogP contribution is 2.17. The lowest BCUT2D eigenvalue weighted by molar-refractivity contribution is -0.115. The van der Waals surface area contributed by atoms with Crippen LogP contribution in [0.5, 0.6) is 0 Å². The predicted molar refractivity (Wildman–Crippen MR) is 91.1 cm³/mol. The van der Waals surface area contributed by atoms with Crippen molar-refractivity contribution in [1.29, 1.82) is 0 Å². The fourth-order valence-corrected chi connectivity index (χ4v) is 3.04. The number of amides is 1. The Balaban J connectivity index is 2.05. The number of anilines is 1. The topological polar surface area (TPSA) is 66.5 Å². The van der Waals surface area contributed by atoms with Crippen LogP contribution in [-0.2, 0) is 21.2 Å². The summed E-state index contributed by atoms with van der Waals surface area (Å²) in [5, 5.41) is 3.29. The molecule has 23 heavy (non-hydrogen) atoms.